The molecule has 0 spiro atoms. The maximum Gasteiger partial charge on any atom is 0.130 e. The van der Waals surface area contributed by atoms with Crippen molar-refractivity contribution in [3.63, 3.8) is 0 Å². The van der Waals surface area contributed by atoms with Crippen LogP contribution in [0.4, 0.5) is 5.69 Å². The first-order valence-corrected chi connectivity index (χ1v) is 4.81. The number of benzene rings is 2. The van der Waals surface area contributed by atoms with Crippen LogP contribution in [0.5, 0.6) is 11.5 Å². The molecule has 0 amide bonds. The van der Waals surface area contributed by atoms with Gasteiger partial charge in [-0.25, -0.2) is 0 Å². The lowest BCUT2D eigenvalue weighted by Crippen LogP contribution is -1.86. The molecule has 2 heteroatoms. The lowest BCUT2D eigenvalue weighted by atomic mass is 10.2. The first-order chi connectivity index (χ1) is 7.25. The molecule has 0 fully saturated rings. The molecule has 2 nitrogen and oxygen atoms in total. The second kappa shape index (κ2) is 4.05. The molecule has 1 N–H and O–H groups in total. The van der Waals surface area contributed by atoms with Gasteiger partial charge in [0.05, 0.1) is 5.69 Å². The zero-order chi connectivity index (χ0) is 10.7. The fourth-order valence-electron chi connectivity index (χ4n) is 1.32. The van der Waals surface area contributed by atoms with Crippen LogP contribution in [0.1, 0.15) is 5.56 Å². The standard InChI is InChI=1S/C13H12NO/c1-10-4-2-3-5-13(10)15-12-8-6-11(14)7-9-12/h2-9,14H,1H3. The summed E-state index contributed by atoms with van der Waals surface area (Å²) in [4.78, 5) is 0. The zero-order valence-corrected chi connectivity index (χ0v) is 8.53. The molecular weight excluding hydrogens is 186 g/mol. The van der Waals surface area contributed by atoms with E-state index in [2.05, 4.69) is 0 Å². The molecule has 0 aliphatic rings. The highest BCUT2D eigenvalue weighted by Gasteiger charge is 1.99. The highest BCUT2D eigenvalue weighted by atomic mass is 16.5. The predicted octanol–water partition coefficient (Wildman–Crippen LogP) is 3.70. The van der Waals surface area contributed by atoms with E-state index in [-0.39, 0.29) is 0 Å². The van der Waals surface area contributed by atoms with Gasteiger partial charge >= 0.3 is 0 Å². The summed E-state index contributed by atoms with van der Waals surface area (Å²) < 4.78 is 5.68. The van der Waals surface area contributed by atoms with Crippen LogP contribution in [0.2, 0.25) is 0 Å². The fraction of sp³-hybridized carbons (Fsp3) is 0.0769. The molecule has 15 heavy (non-hydrogen) atoms. The minimum absolute atomic E-state index is 0.493. The molecular formula is C13H12NO. The van der Waals surface area contributed by atoms with Crippen molar-refractivity contribution >= 4 is 5.69 Å². The van der Waals surface area contributed by atoms with Crippen LogP contribution in [0.3, 0.4) is 0 Å². The van der Waals surface area contributed by atoms with Crippen LogP contribution in [-0.4, -0.2) is 0 Å². The van der Waals surface area contributed by atoms with Gasteiger partial charge < -0.3 is 10.5 Å². The van der Waals surface area contributed by atoms with E-state index in [1.165, 1.54) is 0 Å². The third-order valence-electron chi connectivity index (χ3n) is 2.18. The Morgan fingerprint density at radius 1 is 0.933 bits per heavy atom. The second-order valence-electron chi connectivity index (χ2n) is 3.39. The van der Waals surface area contributed by atoms with Gasteiger partial charge in [-0.15, -0.1) is 0 Å². The first kappa shape index (κ1) is 9.59. The van der Waals surface area contributed by atoms with E-state index in [0.29, 0.717) is 5.69 Å². The van der Waals surface area contributed by atoms with Crippen molar-refractivity contribution in [2.24, 2.45) is 0 Å². The van der Waals surface area contributed by atoms with Gasteiger partial charge in [0.1, 0.15) is 11.5 Å². The van der Waals surface area contributed by atoms with Crippen molar-refractivity contribution in [2.75, 3.05) is 0 Å². The summed E-state index contributed by atoms with van der Waals surface area (Å²) in [7, 11) is 0. The van der Waals surface area contributed by atoms with Gasteiger partial charge in [0.25, 0.3) is 0 Å². The van der Waals surface area contributed by atoms with Crippen molar-refractivity contribution in [3.8, 4) is 11.5 Å². The zero-order valence-electron chi connectivity index (χ0n) is 8.53. The van der Waals surface area contributed by atoms with E-state index in [4.69, 9.17) is 10.5 Å². The number of hydrogen-bond donors (Lipinski definition) is 0. The van der Waals surface area contributed by atoms with Crippen LogP contribution in [0.15, 0.2) is 48.5 Å². The Labute approximate surface area is 89.3 Å². The summed E-state index contributed by atoms with van der Waals surface area (Å²) in [5.74, 6) is 1.62. The van der Waals surface area contributed by atoms with Gasteiger partial charge in [-0.05, 0) is 42.8 Å². The summed E-state index contributed by atoms with van der Waals surface area (Å²) in [5, 5.41) is 0. The molecule has 0 atom stereocenters. The molecule has 0 aromatic heterocycles. The highest BCUT2D eigenvalue weighted by Crippen LogP contribution is 2.25. The largest absolute Gasteiger partial charge is 0.457 e. The van der Waals surface area contributed by atoms with Crippen LogP contribution in [0, 0.1) is 6.92 Å². The predicted molar refractivity (Wildman–Crippen MR) is 60.5 cm³/mol. The topological polar surface area (TPSA) is 33.0 Å². The molecule has 0 aliphatic carbocycles. The molecule has 0 saturated heterocycles. The average Bonchev–Trinajstić information content (AvgIpc) is 2.25. The Bertz CT molecular complexity index is 448. The van der Waals surface area contributed by atoms with Crippen LogP contribution in [-0.2, 0) is 0 Å². The molecule has 0 saturated carbocycles. The SMILES string of the molecule is Cc1ccccc1Oc1ccc([NH])cc1. The summed E-state index contributed by atoms with van der Waals surface area (Å²) in [6.45, 7) is 2.01. The number of nitrogens with one attached hydrogen (secondary N) is 1. The minimum Gasteiger partial charge on any atom is -0.457 e. The van der Waals surface area contributed by atoms with E-state index in [1.807, 2.05) is 31.2 Å². The van der Waals surface area contributed by atoms with Crippen LogP contribution < -0.4 is 10.5 Å². The monoisotopic (exact) mass is 198 g/mol. The average molecular weight is 198 g/mol. The van der Waals surface area contributed by atoms with Crippen molar-refractivity contribution in [3.05, 3.63) is 54.1 Å². The first-order valence-electron chi connectivity index (χ1n) is 4.81. The third-order valence-corrected chi connectivity index (χ3v) is 2.18. The smallest absolute Gasteiger partial charge is 0.130 e. The summed E-state index contributed by atoms with van der Waals surface area (Å²) in [5.41, 5.74) is 8.95. The molecule has 2 rings (SSSR count). The maximum absolute atomic E-state index is 7.36. The van der Waals surface area contributed by atoms with Crippen LogP contribution >= 0.6 is 0 Å². The van der Waals surface area contributed by atoms with E-state index in [1.54, 1.807) is 24.3 Å². The minimum atomic E-state index is 0.493. The van der Waals surface area contributed by atoms with Crippen molar-refractivity contribution in [1.82, 2.24) is 5.73 Å². The quantitative estimate of drug-likeness (QED) is 0.724. The number of aryl methyl sites for hydroxylation is 1. The second-order valence-corrected chi connectivity index (χ2v) is 3.39. The van der Waals surface area contributed by atoms with Gasteiger partial charge in [0.2, 0.25) is 0 Å². The van der Waals surface area contributed by atoms with Gasteiger partial charge in [0, 0.05) is 0 Å². The maximum atomic E-state index is 7.36. The number of hydrogen-bond acceptors (Lipinski definition) is 1. The Hall–Kier alpha value is -1.96. The fourth-order valence-corrected chi connectivity index (χ4v) is 1.32. The van der Waals surface area contributed by atoms with Gasteiger partial charge in [-0.1, -0.05) is 18.2 Å². The molecule has 0 unspecified atom stereocenters. The van der Waals surface area contributed by atoms with Crippen LogP contribution in [0.25, 0.3) is 0 Å². The lowest BCUT2D eigenvalue weighted by molar-refractivity contribution is 0.479. The molecule has 0 aliphatic heterocycles. The Morgan fingerprint density at radius 2 is 1.60 bits per heavy atom. The lowest BCUT2D eigenvalue weighted by Gasteiger charge is -2.07. The third kappa shape index (κ3) is 2.29. The molecule has 0 heterocycles. The molecule has 1 radical (unpaired) electrons. The number of ether oxygens (including phenoxy) is 1. The van der Waals surface area contributed by atoms with E-state index < -0.39 is 0 Å². The Kier molecular flexibility index (Phi) is 2.59. The van der Waals surface area contributed by atoms with Crippen molar-refractivity contribution < 1.29 is 4.74 Å². The van der Waals surface area contributed by atoms with Gasteiger partial charge in [-0.2, -0.15) is 0 Å². The van der Waals surface area contributed by atoms with E-state index in [0.717, 1.165) is 17.1 Å². The number of rotatable bonds is 2. The van der Waals surface area contributed by atoms with Gasteiger partial charge in [-0.3, -0.25) is 0 Å². The Balaban J connectivity index is 2.22. The molecule has 2 aromatic carbocycles. The Morgan fingerprint density at radius 3 is 2.27 bits per heavy atom. The summed E-state index contributed by atoms with van der Waals surface area (Å²) >= 11 is 0. The summed E-state index contributed by atoms with van der Waals surface area (Å²) in [6.07, 6.45) is 0. The van der Waals surface area contributed by atoms with Crippen molar-refractivity contribution in [2.45, 2.75) is 6.92 Å². The van der Waals surface area contributed by atoms with Gasteiger partial charge in [0.15, 0.2) is 0 Å². The van der Waals surface area contributed by atoms with E-state index >= 15 is 0 Å². The number of para-hydroxylation sites is 1. The molecule has 2 aromatic rings. The van der Waals surface area contributed by atoms with Crippen molar-refractivity contribution in [1.29, 1.82) is 0 Å². The summed E-state index contributed by atoms with van der Waals surface area (Å²) in [6, 6.07) is 14.9. The van der Waals surface area contributed by atoms with E-state index in [9.17, 15) is 0 Å². The normalized spacial score (nSPS) is 9.93. The molecule has 0 bridgehead atoms. The highest BCUT2D eigenvalue weighted by molar-refractivity contribution is 5.42. The molecule has 75 valence electrons.